The van der Waals surface area contributed by atoms with Crippen molar-refractivity contribution in [3.63, 3.8) is 0 Å². The van der Waals surface area contributed by atoms with E-state index in [0.717, 1.165) is 6.42 Å². The predicted octanol–water partition coefficient (Wildman–Crippen LogP) is 1.97. The Kier molecular flexibility index (Phi) is 5.55. The first-order valence-corrected chi connectivity index (χ1v) is 11.1. The number of aryl methyl sites for hydroxylation is 2. The van der Waals surface area contributed by atoms with E-state index < -0.39 is 15.1 Å². The lowest BCUT2D eigenvalue weighted by molar-refractivity contribution is 0.244. The second kappa shape index (κ2) is 7.75. The molecular formula is C19H24N4O4S. The normalized spacial score (nSPS) is 17.4. The molecule has 2 heterocycles. The number of nitrogens with zero attached hydrogens (tertiary/aromatic N) is 3. The minimum atomic E-state index is -3.31. The molecule has 0 aromatic carbocycles. The molecule has 1 unspecified atom stereocenters. The standard InChI is InChI=1S/C19H24N4O4S/c1-5-7-16-20-12(3)17-19(24)21-18(22-23(16)17)14-10-8-13(28(4,25)26)9-11-15(14)27-6-2/h8-11,13H,5-7H2,1-4H3,(H,21,22,24). The van der Waals surface area contributed by atoms with Crippen molar-refractivity contribution in [1.29, 1.82) is 0 Å². The van der Waals surface area contributed by atoms with Gasteiger partial charge in [0.05, 0.1) is 23.1 Å². The lowest BCUT2D eigenvalue weighted by Gasteiger charge is -2.09. The molecule has 0 aliphatic heterocycles. The Labute approximate surface area is 163 Å². The van der Waals surface area contributed by atoms with Crippen LogP contribution in [0.3, 0.4) is 0 Å². The molecule has 9 heteroatoms. The summed E-state index contributed by atoms with van der Waals surface area (Å²) in [5.41, 5.74) is 1.24. The predicted molar refractivity (Wildman–Crippen MR) is 108 cm³/mol. The van der Waals surface area contributed by atoms with Crippen LogP contribution in [0, 0.1) is 6.92 Å². The van der Waals surface area contributed by atoms with Gasteiger partial charge in [0.1, 0.15) is 11.6 Å². The van der Waals surface area contributed by atoms with Crippen molar-refractivity contribution in [3.8, 4) is 0 Å². The summed E-state index contributed by atoms with van der Waals surface area (Å²) in [4.78, 5) is 19.9. The van der Waals surface area contributed by atoms with Crippen molar-refractivity contribution in [2.24, 2.45) is 0 Å². The van der Waals surface area contributed by atoms with Gasteiger partial charge in [-0.05, 0) is 32.4 Å². The number of imidazole rings is 1. The number of hydrogen-bond donors (Lipinski definition) is 1. The van der Waals surface area contributed by atoms with E-state index in [9.17, 15) is 13.2 Å². The molecule has 0 amide bonds. The van der Waals surface area contributed by atoms with E-state index in [1.54, 1.807) is 35.7 Å². The summed E-state index contributed by atoms with van der Waals surface area (Å²) in [5.74, 6) is 1.45. The second-order valence-electron chi connectivity index (χ2n) is 6.65. The zero-order chi connectivity index (χ0) is 20.5. The number of aromatic nitrogens is 4. The average molecular weight is 404 g/mol. The van der Waals surface area contributed by atoms with Gasteiger partial charge in [0.15, 0.2) is 21.2 Å². The monoisotopic (exact) mass is 404 g/mol. The smallest absolute Gasteiger partial charge is 0.277 e. The fraction of sp³-hybridized carbons (Fsp3) is 0.421. The molecule has 1 aliphatic carbocycles. The SMILES string of the molecule is CCCc1nc(C)c2c(=O)[nH]c(C3=C(OCC)C=CC(S(C)(=O)=O)C=C3)nn12. The van der Waals surface area contributed by atoms with Crippen LogP contribution < -0.4 is 5.56 Å². The molecule has 1 N–H and O–H groups in total. The number of H-pyrrole nitrogens is 1. The third-order valence-electron chi connectivity index (χ3n) is 4.42. The third kappa shape index (κ3) is 3.80. The van der Waals surface area contributed by atoms with Crippen molar-refractivity contribution in [2.75, 3.05) is 12.9 Å². The van der Waals surface area contributed by atoms with Gasteiger partial charge in [0.2, 0.25) is 0 Å². The Bertz CT molecular complexity index is 1150. The van der Waals surface area contributed by atoms with Gasteiger partial charge in [-0.2, -0.15) is 0 Å². The molecule has 0 saturated heterocycles. The lowest BCUT2D eigenvalue weighted by atomic mass is 10.2. The fourth-order valence-electron chi connectivity index (χ4n) is 3.11. The highest BCUT2D eigenvalue weighted by molar-refractivity contribution is 7.91. The molecular weight excluding hydrogens is 380 g/mol. The third-order valence-corrected chi connectivity index (χ3v) is 5.72. The van der Waals surface area contributed by atoms with Gasteiger partial charge in [0, 0.05) is 12.7 Å². The second-order valence-corrected chi connectivity index (χ2v) is 8.85. The lowest BCUT2D eigenvalue weighted by Crippen LogP contribution is -2.17. The number of allylic oxidation sites excluding steroid dienone is 3. The van der Waals surface area contributed by atoms with E-state index in [1.165, 1.54) is 6.26 Å². The number of aromatic amines is 1. The van der Waals surface area contributed by atoms with Crippen molar-refractivity contribution in [3.05, 3.63) is 57.8 Å². The number of rotatable bonds is 6. The number of hydrogen-bond acceptors (Lipinski definition) is 6. The Balaban J connectivity index is 2.22. The summed E-state index contributed by atoms with van der Waals surface area (Å²) >= 11 is 0. The van der Waals surface area contributed by atoms with E-state index in [1.807, 2.05) is 13.8 Å². The Morgan fingerprint density at radius 2 is 1.96 bits per heavy atom. The maximum Gasteiger partial charge on any atom is 0.277 e. The van der Waals surface area contributed by atoms with Crippen molar-refractivity contribution in [1.82, 2.24) is 19.6 Å². The molecule has 0 saturated carbocycles. The molecule has 1 atom stereocenters. The Morgan fingerprint density at radius 3 is 2.61 bits per heavy atom. The zero-order valence-electron chi connectivity index (χ0n) is 16.4. The summed E-state index contributed by atoms with van der Waals surface area (Å²) in [5, 5.41) is 3.81. The minimum absolute atomic E-state index is 0.297. The summed E-state index contributed by atoms with van der Waals surface area (Å²) in [6.07, 6.45) is 9.09. The molecule has 0 radical (unpaired) electrons. The molecule has 28 heavy (non-hydrogen) atoms. The molecule has 0 spiro atoms. The summed E-state index contributed by atoms with van der Waals surface area (Å²) in [6, 6.07) is 0. The van der Waals surface area contributed by atoms with Gasteiger partial charge in [-0.3, -0.25) is 4.79 Å². The van der Waals surface area contributed by atoms with Gasteiger partial charge in [-0.25, -0.2) is 17.9 Å². The highest BCUT2D eigenvalue weighted by atomic mass is 32.2. The number of ether oxygens (including phenoxy) is 1. The molecule has 0 fully saturated rings. The molecule has 1 aliphatic rings. The van der Waals surface area contributed by atoms with Crippen molar-refractivity contribution in [2.45, 2.75) is 38.9 Å². The van der Waals surface area contributed by atoms with Crippen LogP contribution in [0.15, 0.2) is 34.9 Å². The van der Waals surface area contributed by atoms with Crippen LogP contribution in [0.4, 0.5) is 0 Å². The maximum atomic E-state index is 12.7. The number of fused-ring (bicyclic) bond motifs is 1. The van der Waals surface area contributed by atoms with Crippen LogP contribution in [-0.4, -0.2) is 46.1 Å². The van der Waals surface area contributed by atoms with E-state index >= 15 is 0 Å². The molecule has 2 aromatic rings. The van der Waals surface area contributed by atoms with Crippen molar-refractivity contribution < 1.29 is 13.2 Å². The van der Waals surface area contributed by atoms with E-state index in [2.05, 4.69) is 15.1 Å². The Morgan fingerprint density at radius 1 is 1.25 bits per heavy atom. The molecule has 3 rings (SSSR count). The summed E-state index contributed by atoms with van der Waals surface area (Å²) in [6.45, 7) is 6.03. The minimum Gasteiger partial charge on any atom is -0.493 e. The van der Waals surface area contributed by atoms with E-state index in [-0.39, 0.29) is 5.56 Å². The quantitative estimate of drug-likeness (QED) is 0.789. The van der Waals surface area contributed by atoms with Gasteiger partial charge in [0.25, 0.3) is 5.56 Å². The summed E-state index contributed by atoms with van der Waals surface area (Å²) < 4.78 is 31.1. The highest BCUT2D eigenvalue weighted by Gasteiger charge is 2.21. The van der Waals surface area contributed by atoms with Crippen LogP contribution in [0.2, 0.25) is 0 Å². The average Bonchev–Trinajstić information content (AvgIpc) is 2.79. The largest absolute Gasteiger partial charge is 0.493 e. The van der Waals surface area contributed by atoms with Crippen LogP contribution >= 0.6 is 0 Å². The first kappa shape index (κ1) is 20.1. The zero-order valence-corrected chi connectivity index (χ0v) is 17.2. The van der Waals surface area contributed by atoms with Gasteiger partial charge in [-0.1, -0.05) is 19.1 Å². The van der Waals surface area contributed by atoms with Gasteiger partial charge in [-0.15, -0.1) is 5.10 Å². The van der Waals surface area contributed by atoms with Crippen LogP contribution in [0.5, 0.6) is 0 Å². The Hall–Kier alpha value is -2.68. The van der Waals surface area contributed by atoms with Crippen molar-refractivity contribution >= 4 is 20.9 Å². The highest BCUT2D eigenvalue weighted by Crippen LogP contribution is 2.24. The van der Waals surface area contributed by atoms with Gasteiger partial charge >= 0.3 is 0 Å². The molecule has 8 nitrogen and oxygen atoms in total. The van der Waals surface area contributed by atoms with Crippen LogP contribution in [0.25, 0.3) is 11.1 Å². The fourth-order valence-corrected chi connectivity index (χ4v) is 3.84. The summed E-state index contributed by atoms with van der Waals surface area (Å²) in [7, 11) is -3.31. The van der Waals surface area contributed by atoms with Crippen LogP contribution in [-0.2, 0) is 21.0 Å². The number of sulfone groups is 1. The van der Waals surface area contributed by atoms with E-state index in [4.69, 9.17) is 4.74 Å². The van der Waals surface area contributed by atoms with Crippen LogP contribution in [0.1, 0.15) is 37.6 Å². The first-order valence-electron chi connectivity index (χ1n) is 9.17. The maximum absolute atomic E-state index is 12.7. The number of nitrogens with one attached hydrogen (secondary N) is 1. The topological polar surface area (TPSA) is 106 Å². The van der Waals surface area contributed by atoms with E-state index in [0.29, 0.717) is 47.2 Å². The molecule has 0 bridgehead atoms. The molecule has 2 aromatic heterocycles. The first-order chi connectivity index (χ1) is 13.3. The molecule has 150 valence electrons. The van der Waals surface area contributed by atoms with Gasteiger partial charge < -0.3 is 9.72 Å².